The highest BCUT2D eigenvalue weighted by atomic mass is 32.2. The minimum atomic E-state index is -3.68. The molecular formula is C20H31N3O7S2. The van der Waals surface area contributed by atoms with Crippen molar-refractivity contribution >= 4 is 31.7 Å². The van der Waals surface area contributed by atoms with Gasteiger partial charge in [0.05, 0.1) is 11.5 Å². The average Bonchev–Trinajstić information content (AvgIpc) is 3.47. The Morgan fingerprint density at radius 3 is 2.53 bits per heavy atom. The van der Waals surface area contributed by atoms with E-state index in [1.54, 1.807) is 7.05 Å². The second-order valence-corrected chi connectivity index (χ2v) is 12.5. The minimum Gasteiger partial charge on any atom is -0.451 e. The third-order valence-electron chi connectivity index (χ3n) is 5.94. The van der Waals surface area contributed by atoms with E-state index in [9.17, 15) is 26.4 Å². The molecular weight excluding hydrogens is 458 g/mol. The van der Waals surface area contributed by atoms with Crippen LogP contribution >= 0.6 is 0 Å². The lowest BCUT2D eigenvalue weighted by Gasteiger charge is -2.28. The molecule has 0 aliphatic carbocycles. The van der Waals surface area contributed by atoms with E-state index in [1.165, 1.54) is 26.0 Å². The molecule has 32 heavy (non-hydrogen) atoms. The topological polar surface area (TPSA) is 123 Å². The summed E-state index contributed by atoms with van der Waals surface area (Å²) in [5.74, 6) is -1.29. The molecule has 3 heterocycles. The SMILES string of the molecule is CCCCN(C(=O)COC(=O)c1cc(S(=O)(=O)N2CCCC2)cn1C)[C@@H]1CCS(=O)(=O)C1. The van der Waals surface area contributed by atoms with Gasteiger partial charge in [0.1, 0.15) is 10.6 Å². The fourth-order valence-electron chi connectivity index (χ4n) is 4.10. The number of ether oxygens (including phenoxy) is 1. The Morgan fingerprint density at radius 2 is 1.94 bits per heavy atom. The van der Waals surface area contributed by atoms with Gasteiger partial charge in [0.2, 0.25) is 10.0 Å². The predicted molar refractivity (Wildman–Crippen MR) is 117 cm³/mol. The van der Waals surface area contributed by atoms with Gasteiger partial charge in [0, 0.05) is 38.9 Å². The Bertz CT molecular complexity index is 1060. The van der Waals surface area contributed by atoms with Gasteiger partial charge in [-0.3, -0.25) is 4.79 Å². The number of sulfone groups is 1. The predicted octanol–water partition coefficient (Wildman–Crippen LogP) is 0.782. The van der Waals surface area contributed by atoms with E-state index in [4.69, 9.17) is 4.74 Å². The largest absolute Gasteiger partial charge is 0.451 e. The standard InChI is InChI=1S/C20H31N3O7S2/c1-3-4-10-23(16-7-11-31(26,27)15-16)19(24)14-30-20(25)18-12-17(13-21(18)2)32(28,29)22-8-5-6-9-22/h12-13,16H,3-11,14-15H2,1-2H3/t16-/m1/s1. The van der Waals surface area contributed by atoms with Crippen molar-refractivity contribution in [1.82, 2.24) is 13.8 Å². The molecule has 3 rings (SSSR count). The van der Waals surface area contributed by atoms with Crippen molar-refractivity contribution < 1.29 is 31.2 Å². The quantitative estimate of drug-likeness (QED) is 0.470. The van der Waals surface area contributed by atoms with Crippen LogP contribution in [0.15, 0.2) is 17.2 Å². The number of carbonyl (C=O) groups excluding carboxylic acids is 2. The van der Waals surface area contributed by atoms with Crippen molar-refractivity contribution in [2.45, 2.75) is 50.0 Å². The van der Waals surface area contributed by atoms with Gasteiger partial charge in [-0.2, -0.15) is 4.31 Å². The van der Waals surface area contributed by atoms with Crippen LogP contribution in [-0.4, -0.2) is 86.3 Å². The number of carbonyl (C=O) groups is 2. The van der Waals surface area contributed by atoms with Gasteiger partial charge in [-0.15, -0.1) is 0 Å². The fraction of sp³-hybridized carbons (Fsp3) is 0.700. The summed E-state index contributed by atoms with van der Waals surface area (Å²) in [6, 6.07) is 0.851. The van der Waals surface area contributed by atoms with Crippen LogP contribution in [0.5, 0.6) is 0 Å². The summed E-state index contributed by atoms with van der Waals surface area (Å²) in [7, 11) is -5.30. The number of hydrogen-bond acceptors (Lipinski definition) is 7. The fourth-order valence-corrected chi connectivity index (χ4v) is 7.42. The van der Waals surface area contributed by atoms with Crippen molar-refractivity contribution in [2.75, 3.05) is 37.7 Å². The highest BCUT2D eigenvalue weighted by Gasteiger charge is 2.35. The molecule has 1 aromatic rings. The first kappa shape index (κ1) is 24.7. The number of aryl methyl sites for hydroxylation is 1. The maximum Gasteiger partial charge on any atom is 0.355 e. The van der Waals surface area contributed by atoms with Crippen LogP contribution in [0.2, 0.25) is 0 Å². The van der Waals surface area contributed by atoms with E-state index in [0.29, 0.717) is 32.5 Å². The zero-order valence-corrected chi connectivity index (χ0v) is 20.2. The zero-order chi connectivity index (χ0) is 23.5. The highest BCUT2D eigenvalue weighted by Crippen LogP contribution is 2.23. The molecule has 1 aromatic heterocycles. The first-order valence-corrected chi connectivity index (χ1v) is 14.1. The van der Waals surface area contributed by atoms with Crippen molar-refractivity contribution in [2.24, 2.45) is 7.05 Å². The summed E-state index contributed by atoms with van der Waals surface area (Å²) in [5.41, 5.74) is 0.0270. The Hall–Kier alpha value is -1.92. The van der Waals surface area contributed by atoms with Gasteiger partial charge in [-0.05, 0) is 31.7 Å². The normalized spacial score (nSPS) is 21.0. The van der Waals surface area contributed by atoms with Crippen molar-refractivity contribution in [3.05, 3.63) is 18.0 Å². The van der Waals surface area contributed by atoms with Gasteiger partial charge < -0.3 is 14.2 Å². The summed E-state index contributed by atoms with van der Waals surface area (Å²) >= 11 is 0. The van der Waals surface area contributed by atoms with E-state index in [-0.39, 0.29) is 22.1 Å². The molecule has 2 saturated heterocycles. The van der Waals surface area contributed by atoms with E-state index in [2.05, 4.69) is 0 Å². The molecule has 2 aliphatic rings. The summed E-state index contributed by atoms with van der Waals surface area (Å²) in [4.78, 5) is 26.8. The van der Waals surface area contributed by atoms with Crippen molar-refractivity contribution in [1.29, 1.82) is 0 Å². The van der Waals surface area contributed by atoms with Crippen LogP contribution in [0.3, 0.4) is 0 Å². The lowest BCUT2D eigenvalue weighted by molar-refractivity contribution is -0.136. The highest BCUT2D eigenvalue weighted by molar-refractivity contribution is 7.91. The van der Waals surface area contributed by atoms with Crippen LogP contribution in [0, 0.1) is 0 Å². The van der Waals surface area contributed by atoms with E-state index < -0.39 is 44.4 Å². The molecule has 2 fully saturated rings. The smallest absolute Gasteiger partial charge is 0.355 e. The maximum absolute atomic E-state index is 12.8. The molecule has 12 heteroatoms. The van der Waals surface area contributed by atoms with Crippen molar-refractivity contribution in [3.8, 4) is 0 Å². The number of nitrogens with zero attached hydrogens (tertiary/aromatic N) is 3. The molecule has 1 atom stereocenters. The molecule has 0 saturated carbocycles. The molecule has 0 spiro atoms. The van der Waals surface area contributed by atoms with Crippen molar-refractivity contribution in [3.63, 3.8) is 0 Å². The summed E-state index contributed by atoms with van der Waals surface area (Å²) in [6.07, 6.45) is 4.90. The summed E-state index contributed by atoms with van der Waals surface area (Å²) in [5, 5.41) is 0. The third-order valence-corrected chi connectivity index (χ3v) is 9.55. The zero-order valence-electron chi connectivity index (χ0n) is 18.5. The number of hydrogen-bond donors (Lipinski definition) is 0. The van der Waals surface area contributed by atoms with Gasteiger partial charge >= 0.3 is 5.97 Å². The number of esters is 1. The van der Waals surface area contributed by atoms with Crippen LogP contribution in [0.25, 0.3) is 0 Å². The third kappa shape index (κ3) is 5.52. The van der Waals surface area contributed by atoms with Gasteiger partial charge in [-0.25, -0.2) is 21.6 Å². The maximum atomic E-state index is 12.8. The average molecular weight is 490 g/mol. The second kappa shape index (κ2) is 9.92. The molecule has 0 bridgehead atoms. The van der Waals surface area contributed by atoms with Crippen LogP contribution in [0.1, 0.15) is 49.5 Å². The second-order valence-electron chi connectivity index (χ2n) is 8.36. The van der Waals surface area contributed by atoms with Crippen LogP contribution in [0.4, 0.5) is 0 Å². The first-order valence-electron chi connectivity index (χ1n) is 10.9. The minimum absolute atomic E-state index is 0.0147. The van der Waals surface area contributed by atoms with E-state index in [0.717, 1.165) is 19.3 Å². The molecule has 10 nitrogen and oxygen atoms in total. The van der Waals surface area contributed by atoms with Crippen LogP contribution in [-0.2, 0) is 36.4 Å². The summed E-state index contributed by atoms with van der Waals surface area (Å²) in [6.45, 7) is 2.75. The molecule has 0 radical (unpaired) electrons. The monoisotopic (exact) mass is 489 g/mol. The van der Waals surface area contributed by atoms with Gasteiger partial charge in [0.25, 0.3) is 5.91 Å². The molecule has 1 amide bonds. The first-order chi connectivity index (χ1) is 15.0. The van der Waals surface area contributed by atoms with Crippen LogP contribution < -0.4 is 0 Å². The molecule has 2 aliphatic heterocycles. The number of unbranched alkanes of at least 4 members (excludes halogenated alkanes) is 1. The lowest BCUT2D eigenvalue weighted by atomic mass is 10.2. The van der Waals surface area contributed by atoms with Gasteiger partial charge in [0.15, 0.2) is 16.4 Å². The molecule has 0 unspecified atom stereocenters. The molecule has 0 aromatic carbocycles. The number of amides is 1. The van der Waals surface area contributed by atoms with Gasteiger partial charge in [-0.1, -0.05) is 13.3 Å². The van der Waals surface area contributed by atoms with E-state index >= 15 is 0 Å². The van der Waals surface area contributed by atoms with E-state index in [1.807, 2.05) is 6.92 Å². The Labute approximate surface area is 189 Å². The molecule has 0 N–H and O–H groups in total. The Balaban J connectivity index is 1.66. The molecule has 180 valence electrons. The lowest BCUT2D eigenvalue weighted by Crippen LogP contribution is -2.44. The number of aromatic nitrogens is 1. The number of sulfonamides is 1. The number of rotatable bonds is 9. The Morgan fingerprint density at radius 1 is 1.25 bits per heavy atom. The Kier molecular flexibility index (Phi) is 7.66. The summed E-state index contributed by atoms with van der Waals surface area (Å²) < 4.78 is 57.1.